The van der Waals surface area contributed by atoms with Crippen molar-refractivity contribution in [1.29, 1.82) is 0 Å². The van der Waals surface area contributed by atoms with Gasteiger partial charge in [0.2, 0.25) is 0 Å². The predicted octanol–water partition coefficient (Wildman–Crippen LogP) is 2.58. The van der Waals surface area contributed by atoms with Gasteiger partial charge in [0.05, 0.1) is 9.90 Å². The van der Waals surface area contributed by atoms with Crippen LogP contribution in [0.25, 0.3) is 0 Å². The number of aromatic nitrogens is 2. The topological polar surface area (TPSA) is 46.0 Å². The second kappa shape index (κ2) is 4.26. The van der Waals surface area contributed by atoms with Crippen molar-refractivity contribution >= 4 is 22.9 Å². The van der Waals surface area contributed by atoms with E-state index in [1.165, 1.54) is 17.7 Å². The van der Waals surface area contributed by atoms with Gasteiger partial charge in [-0.3, -0.25) is 0 Å². The van der Waals surface area contributed by atoms with Crippen LogP contribution in [-0.4, -0.2) is 15.1 Å². The number of aryl methyl sites for hydroxylation is 1. The van der Waals surface area contributed by atoms with Crippen molar-refractivity contribution in [3.63, 3.8) is 0 Å². The molecule has 0 aliphatic heterocycles. The molecule has 0 bridgehead atoms. The van der Waals surface area contributed by atoms with Crippen LogP contribution in [0.2, 0.25) is 5.02 Å². The Morgan fingerprint density at radius 1 is 1.40 bits per heavy atom. The zero-order valence-corrected chi connectivity index (χ0v) is 9.59. The van der Waals surface area contributed by atoms with Crippen LogP contribution < -0.4 is 0 Å². The molecule has 0 radical (unpaired) electrons. The molecule has 2 rings (SSSR count). The number of rotatable bonds is 2. The van der Waals surface area contributed by atoms with E-state index in [0.29, 0.717) is 10.6 Å². The van der Waals surface area contributed by atoms with Crippen molar-refractivity contribution < 1.29 is 5.11 Å². The fourth-order valence-electron chi connectivity index (χ4n) is 1.24. The lowest BCUT2D eigenvalue weighted by Crippen LogP contribution is -1.99. The highest BCUT2D eigenvalue weighted by Gasteiger charge is 2.17. The first kappa shape index (κ1) is 10.5. The van der Waals surface area contributed by atoms with Gasteiger partial charge in [0.15, 0.2) is 0 Å². The van der Waals surface area contributed by atoms with Crippen molar-refractivity contribution in [3.8, 4) is 0 Å². The lowest BCUT2D eigenvalue weighted by atomic mass is 10.1. The summed E-state index contributed by atoms with van der Waals surface area (Å²) in [6.07, 6.45) is 3.86. The quantitative estimate of drug-likeness (QED) is 0.878. The fourth-order valence-corrected chi connectivity index (χ4v) is 2.54. The SMILES string of the molecule is Cc1csc(C(O)c2cncnc2)c1Cl. The largest absolute Gasteiger partial charge is 0.383 e. The standard InChI is InChI=1S/C10H9ClN2OS/c1-6-4-15-10(8(6)11)9(14)7-2-12-5-13-3-7/h2-5,9,14H,1H3. The number of thiophene rings is 1. The molecule has 3 nitrogen and oxygen atoms in total. The van der Waals surface area contributed by atoms with Gasteiger partial charge in [-0.25, -0.2) is 9.97 Å². The molecule has 0 saturated carbocycles. The van der Waals surface area contributed by atoms with Crippen LogP contribution in [-0.2, 0) is 0 Å². The summed E-state index contributed by atoms with van der Waals surface area (Å²) >= 11 is 7.50. The summed E-state index contributed by atoms with van der Waals surface area (Å²) in [4.78, 5) is 8.46. The van der Waals surface area contributed by atoms with Crippen molar-refractivity contribution in [1.82, 2.24) is 9.97 Å². The number of hydrogen-bond acceptors (Lipinski definition) is 4. The molecular formula is C10H9ClN2OS. The molecule has 15 heavy (non-hydrogen) atoms. The third-order valence-corrected chi connectivity index (χ3v) is 3.84. The fraction of sp³-hybridized carbons (Fsp3) is 0.200. The Morgan fingerprint density at radius 3 is 2.60 bits per heavy atom. The molecule has 2 aromatic heterocycles. The molecular weight excluding hydrogens is 232 g/mol. The lowest BCUT2D eigenvalue weighted by molar-refractivity contribution is 0.223. The van der Waals surface area contributed by atoms with E-state index in [4.69, 9.17) is 11.6 Å². The number of hydrogen-bond donors (Lipinski definition) is 1. The van der Waals surface area contributed by atoms with E-state index in [1.54, 1.807) is 12.4 Å². The van der Waals surface area contributed by atoms with Crippen LogP contribution in [0.5, 0.6) is 0 Å². The van der Waals surface area contributed by atoms with Crippen molar-refractivity contribution in [2.75, 3.05) is 0 Å². The van der Waals surface area contributed by atoms with E-state index < -0.39 is 6.10 Å². The van der Waals surface area contributed by atoms with Crippen LogP contribution in [0.15, 0.2) is 24.1 Å². The van der Waals surface area contributed by atoms with E-state index in [0.717, 1.165) is 10.4 Å². The number of aliphatic hydroxyl groups is 1. The Morgan fingerprint density at radius 2 is 2.07 bits per heavy atom. The maximum atomic E-state index is 10.0. The second-order valence-corrected chi connectivity index (χ2v) is 4.46. The normalized spacial score (nSPS) is 12.7. The van der Waals surface area contributed by atoms with Crippen LogP contribution in [0.1, 0.15) is 22.1 Å². The third kappa shape index (κ3) is 2.02. The van der Waals surface area contributed by atoms with Crippen LogP contribution in [0.4, 0.5) is 0 Å². The maximum absolute atomic E-state index is 10.0. The minimum absolute atomic E-state index is 0.622. The summed E-state index contributed by atoms with van der Waals surface area (Å²) in [7, 11) is 0. The van der Waals surface area contributed by atoms with Gasteiger partial charge >= 0.3 is 0 Å². The van der Waals surface area contributed by atoms with E-state index in [-0.39, 0.29) is 0 Å². The first-order chi connectivity index (χ1) is 7.20. The zero-order valence-electron chi connectivity index (χ0n) is 8.01. The minimum atomic E-state index is -0.739. The summed E-state index contributed by atoms with van der Waals surface area (Å²) in [5.74, 6) is 0. The summed E-state index contributed by atoms with van der Waals surface area (Å²) in [6, 6.07) is 0. The van der Waals surface area contributed by atoms with E-state index in [1.807, 2.05) is 12.3 Å². The van der Waals surface area contributed by atoms with Gasteiger partial charge in [-0.2, -0.15) is 0 Å². The van der Waals surface area contributed by atoms with Gasteiger partial charge in [0.1, 0.15) is 12.4 Å². The molecule has 5 heteroatoms. The molecule has 0 spiro atoms. The van der Waals surface area contributed by atoms with Crippen molar-refractivity contribution in [2.45, 2.75) is 13.0 Å². The highest BCUT2D eigenvalue weighted by atomic mass is 35.5. The highest BCUT2D eigenvalue weighted by Crippen LogP contribution is 2.34. The predicted molar refractivity (Wildman–Crippen MR) is 60.2 cm³/mol. The summed E-state index contributed by atoms with van der Waals surface area (Å²) in [6.45, 7) is 1.91. The Hall–Kier alpha value is -0.970. The Kier molecular flexibility index (Phi) is 3.00. The van der Waals surface area contributed by atoms with Gasteiger partial charge < -0.3 is 5.11 Å². The summed E-state index contributed by atoms with van der Waals surface area (Å²) in [5.41, 5.74) is 1.63. The molecule has 1 N–H and O–H groups in total. The summed E-state index contributed by atoms with van der Waals surface area (Å²) in [5, 5.41) is 12.6. The van der Waals surface area contributed by atoms with Crippen molar-refractivity contribution in [2.24, 2.45) is 0 Å². The van der Waals surface area contributed by atoms with Crippen LogP contribution in [0, 0.1) is 6.92 Å². The van der Waals surface area contributed by atoms with Gasteiger partial charge in [-0.05, 0) is 17.9 Å². The van der Waals surface area contributed by atoms with E-state index >= 15 is 0 Å². The summed E-state index contributed by atoms with van der Waals surface area (Å²) < 4.78 is 0. The average Bonchev–Trinajstić information content (AvgIpc) is 2.60. The monoisotopic (exact) mass is 240 g/mol. The third-order valence-electron chi connectivity index (χ3n) is 2.07. The molecule has 2 aromatic rings. The lowest BCUT2D eigenvalue weighted by Gasteiger charge is -2.08. The highest BCUT2D eigenvalue weighted by molar-refractivity contribution is 7.10. The Labute approximate surface area is 96.4 Å². The number of nitrogens with zero attached hydrogens (tertiary/aromatic N) is 2. The van der Waals surface area contributed by atoms with Gasteiger partial charge in [0, 0.05) is 18.0 Å². The average molecular weight is 241 g/mol. The molecule has 0 aliphatic carbocycles. The van der Waals surface area contributed by atoms with Crippen LogP contribution in [0.3, 0.4) is 0 Å². The first-order valence-corrected chi connectivity index (χ1v) is 5.62. The molecule has 78 valence electrons. The number of aliphatic hydroxyl groups excluding tert-OH is 1. The second-order valence-electron chi connectivity index (χ2n) is 3.17. The van der Waals surface area contributed by atoms with Gasteiger partial charge in [-0.15, -0.1) is 11.3 Å². The van der Waals surface area contributed by atoms with Crippen LogP contribution >= 0.6 is 22.9 Å². The molecule has 1 unspecified atom stereocenters. The Bertz CT molecular complexity index is 458. The molecule has 0 aliphatic rings. The van der Waals surface area contributed by atoms with E-state index in [2.05, 4.69) is 9.97 Å². The van der Waals surface area contributed by atoms with Crippen molar-refractivity contribution in [3.05, 3.63) is 45.1 Å². The minimum Gasteiger partial charge on any atom is -0.383 e. The zero-order chi connectivity index (χ0) is 10.8. The number of halogens is 1. The smallest absolute Gasteiger partial charge is 0.118 e. The molecule has 1 atom stereocenters. The molecule has 0 aromatic carbocycles. The van der Waals surface area contributed by atoms with Gasteiger partial charge in [-0.1, -0.05) is 11.6 Å². The van der Waals surface area contributed by atoms with E-state index in [9.17, 15) is 5.11 Å². The molecule has 0 fully saturated rings. The maximum Gasteiger partial charge on any atom is 0.118 e. The molecule has 0 amide bonds. The Balaban J connectivity index is 2.37. The molecule has 2 heterocycles. The van der Waals surface area contributed by atoms with Gasteiger partial charge in [0.25, 0.3) is 0 Å². The first-order valence-electron chi connectivity index (χ1n) is 4.36. The molecule has 0 saturated heterocycles.